The number of halogens is 3. The molecule has 0 aliphatic carbocycles. The minimum atomic E-state index is -0.701. The van der Waals surface area contributed by atoms with Crippen molar-refractivity contribution < 1.29 is 13.5 Å². The van der Waals surface area contributed by atoms with Gasteiger partial charge in [-0.05, 0) is 11.4 Å². The van der Waals surface area contributed by atoms with Crippen LogP contribution in [0.3, 0.4) is 0 Å². The van der Waals surface area contributed by atoms with Gasteiger partial charge < -0.3 is 4.74 Å². The number of thiophene rings is 1. The molecule has 20 heavy (non-hydrogen) atoms. The Morgan fingerprint density at radius 1 is 1.15 bits per heavy atom. The molecular weight excluding hydrogens is 306 g/mol. The first-order valence-corrected chi connectivity index (χ1v) is 6.86. The Kier molecular flexibility index (Phi) is 3.50. The average Bonchev–Trinajstić information content (AvgIpc) is 2.84. The highest BCUT2D eigenvalue weighted by atomic mass is 35.5. The molecule has 2 aromatic heterocycles. The van der Waals surface area contributed by atoms with E-state index in [4.69, 9.17) is 16.3 Å². The van der Waals surface area contributed by atoms with Crippen molar-refractivity contribution in [2.75, 3.05) is 0 Å². The molecule has 2 heterocycles. The maximum atomic E-state index is 13.0. The van der Waals surface area contributed by atoms with Gasteiger partial charge in [-0.1, -0.05) is 11.6 Å². The molecule has 0 unspecified atom stereocenters. The van der Waals surface area contributed by atoms with Crippen LogP contribution in [0.15, 0.2) is 29.6 Å². The van der Waals surface area contributed by atoms with Crippen LogP contribution in [0.1, 0.15) is 5.82 Å². The molecule has 7 heteroatoms. The van der Waals surface area contributed by atoms with Crippen molar-refractivity contribution in [3.05, 3.63) is 52.3 Å². The minimum Gasteiger partial charge on any atom is -0.485 e. The normalized spacial score (nSPS) is 10.9. The summed E-state index contributed by atoms with van der Waals surface area (Å²) in [6, 6.07) is 4.79. The topological polar surface area (TPSA) is 35.0 Å². The van der Waals surface area contributed by atoms with Gasteiger partial charge in [0.2, 0.25) is 0 Å². The third kappa shape index (κ3) is 2.71. The van der Waals surface area contributed by atoms with Crippen molar-refractivity contribution >= 4 is 33.2 Å². The first-order valence-electron chi connectivity index (χ1n) is 5.60. The molecule has 0 bridgehead atoms. The van der Waals surface area contributed by atoms with Crippen molar-refractivity contribution in [2.45, 2.75) is 6.61 Å². The van der Waals surface area contributed by atoms with Crippen LogP contribution in [0.4, 0.5) is 8.78 Å². The summed E-state index contributed by atoms with van der Waals surface area (Å²) in [5, 5.41) is 2.97. The van der Waals surface area contributed by atoms with Gasteiger partial charge in [-0.25, -0.2) is 18.7 Å². The molecule has 0 spiro atoms. The molecule has 0 amide bonds. The molecule has 0 saturated heterocycles. The zero-order valence-corrected chi connectivity index (χ0v) is 11.5. The monoisotopic (exact) mass is 312 g/mol. The molecule has 0 saturated carbocycles. The lowest BCUT2D eigenvalue weighted by atomic mass is 10.3. The summed E-state index contributed by atoms with van der Waals surface area (Å²) in [6.45, 7) is -0.0174. The standard InChI is InChI=1S/C13H7ClF2N2OS/c14-12-10-1-2-20-13(10)18-11(17-12)6-19-9-4-7(15)3-8(16)5-9/h1-5H,6H2. The summed E-state index contributed by atoms with van der Waals surface area (Å²) in [7, 11) is 0. The summed E-state index contributed by atoms with van der Waals surface area (Å²) >= 11 is 7.45. The number of rotatable bonds is 3. The van der Waals surface area contributed by atoms with E-state index in [1.54, 1.807) is 0 Å². The third-order valence-corrected chi connectivity index (χ3v) is 3.62. The minimum absolute atomic E-state index is 0.0174. The van der Waals surface area contributed by atoms with Gasteiger partial charge in [-0.15, -0.1) is 11.3 Å². The molecular formula is C13H7ClF2N2OS. The molecule has 3 aromatic rings. The maximum Gasteiger partial charge on any atom is 0.169 e. The van der Waals surface area contributed by atoms with E-state index >= 15 is 0 Å². The number of hydrogen-bond donors (Lipinski definition) is 0. The Hall–Kier alpha value is -1.79. The first-order chi connectivity index (χ1) is 9.61. The van der Waals surface area contributed by atoms with E-state index in [0.717, 1.165) is 28.4 Å². The van der Waals surface area contributed by atoms with Crippen LogP contribution in [-0.2, 0) is 6.61 Å². The van der Waals surface area contributed by atoms with Gasteiger partial charge in [-0.2, -0.15) is 0 Å². The predicted molar refractivity (Wildman–Crippen MR) is 73.1 cm³/mol. The van der Waals surface area contributed by atoms with E-state index in [-0.39, 0.29) is 12.4 Å². The van der Waals surface area contributed by atoms with Crippen LogP contribution in [-0.4, -0.2) is 9.97 Å². The zero-order chi connectivity index (χ0) is 14.1. The van der Waals surface area contributed by atoms with Crippen molar-refractivity contribution in [3.8, 4) is 5.75 Å². The smallest absolute Gasteiger partial charge is 0.169 e. The van der Waals surface area contributed by atoms with Crippen LogP contribution < -0.4 is 4.74 Å². The average molecular weight is 313 g/mol. The van der Waals surface area contributed by atoms with Crippen molar-refractivity contribution in [1.29, 1.82) is 0 Å². The number of nitrogens with zero attached hydrogens (tertiary/aromatic N) is 2. The van der Waals surface area contributed by atoms with E-state index < -0.39 is 11.6 Å². The fraction of sp³-hybridized carbons (Fsp3) is 0.0769. The number of ether oxygens (including phenoxy) is 1. The van der Waals surface area contributed by atoms with Gasteiger partial charge in [0.05, 0.1) is 0 Å². The summed E-state index contributed by atoms with van der Waals surface area (Å²) in [6.07, 6.45) is 0. The predicted octanol–water partition coefficient (Wildman–Crippen LogP) is 4.20. The fourth-order valence-electron chi connectivity index (χ4n) is 1.68. The van der Waals surface area contributed by atoms with Crippen molar-refractivity contribution in [3.63, 3.8) is 0 Å². The van der Waals surface area contributed by atoms with Crippen LogP contribution >= 0.6 is 22.9 Å². The lowest BCUT2D eigenvalue weighted by molar-refractivity contribution is 0.293. The SMILES string of the molecule is Fc1cc(F)cc(OCc2nc(Cl)c3ccsc3n2)c1. The number of hydrogen-bond acceptors (Lipinski definition) is 4. The Morgan fingerprint density at radius 2 is 1.90 bits per heavy atom. The van der Waals surface area contributed by atoms with E-state index in [1.165, 1.54) is 11.3 Å². The molecule has 0 fully saturated rings. The highest BCUT2D eigenvalue weighted by molar-refractivity contribution is 7.16. The van der Waals surface area contributed by atoms with Crippen LogP contribution in [0.5, 0.6) is 5.75 Å². The van der Waals surface area contributed by atoms with Gasteiger partial charge in [0, 0.05) is 23.6 Å². The van der Waals surface area contributed by atoms with Gasteiger partial charge in [0.15, 0.2) is 5.82 Å². The zero-order valence-electron chi connectivity index (χ0n) is 9.94. The molecule has 0 aliphatic rings. The largest absolute Gasteiger partial charge is 0.485 e. The first kappa shape index (κ1) is 13.2. The Balaban J connectivity index is 1.82. The maximum absolute atomic E-state index is 13.0. The summed E-state index contributed by atoms with van der Waals surface area (Å²) < 4.78 is 31.3. The summed E-state index contributed by atoms with van der Waals surface area (Å²) in [4.78, 5) is 9.09. The molecule has 0 N–H and O–H groups in total. The van der Waals surface area contributed by atoms with E-state index in [1.807, 2.05) is 11.4 Å². The second kappa shape index (κ2) is 5.30. The Bertz CT molecular complexity index is 758. The Labute approximate surface area is 121 Å². The molecule has 0 radical (unpaired) electrons. The highest BCUT2D eigenvalue weighted by Crippen LogP contribution is 2.25. The quantitative estimate of drug-likeness (QED) is 0.680. The van der Waals surface area contributed by atoms with Crippen LogP contribution in [0.2, 0.25) is 5.15 Å². The molecule has 3 nitrogen and oxygen atoms in total. The Morgan fingerprint density at radius 3 is 2.65 bits per heavy atom. The van der Waals surface area contributed by atoms with Crippen molar-refractivity contribution in [2.24, 2.45) is 0 Å². The molecule has 0 atom stereocenters. The molecule has 0 aliphatic heterocycles. The second-order valence-electron chi connectivity index (χ2n) is 3.96. The lowest BCUT2D eigenvalue weighted by Crippen LogP contribution is -2.02. The number of fused-ring (bicyclic) bond motifs is 1. The third-order valence-electron chi connectivity index (χ3n) is 2.53. The number of aromatic nitrogens is 2. The van der Waals surface area contributed by atoms with Crippen LogP contribution in [0, 0.1) is 11.6 Å². The van der Waals surface area contributed by atoms with Gasteiger partial charge in [0.25, 0.3) is 0 Å². The second-order valence-corrected chi connectivity index (χ2v) is 5.22. The summed E-state index contributed by atoms with van der Waals surface area (Å²) in [5.74, 6) is -0.969. The van der Waals surface area contributed by atoms with E-state index in [0.29, 0.717) is 11.0 Å². The van der Waals surface area contributed by atoms with Gasteiger partial charge >= 0.3 is 0 Å². The van der Waals surface area contributed by atoms with Crippen LogP contribution in [0.25, 0.3) is 10.2 Å². The van der Waals surface area contributed by atoms with Crippen molar-refractivity contribution in [1.82, 2.24) is 9.97 Å². The molecule has 102 valence electrons. The summed E-state index contributed by atoms with van der Waals surface area (Å²) in [5.41, 5.74) is 0. The van der Waals surface area contributed by atoms with E-state index in [9.17, 15) is 8.78 Å². The molecule has 1 aromatic carbocycles. The number of benzene rings is 1. The van der Waals surface area contributed by atoms with Gasteiger partial charge in [-0.3, -0.25) is 0 Å². The van der Waals surface area contributed by atoms with Gasteiger partial charge in [0.1, 0.15) is 34.0 Å². The molecule has 3 rings (SSSR count). The highest BCUT2D eigenvalue weighted by Gasteiger charge is 2.08. The van der Waals surface area contributed by atoms with E-state index in [2.05, 4.69) is 9.97 Å². The lowest BCUT2D eigenvalue weighted by Gasteiger charge is -2.06. The fourth-order valence-corrected chi connectivity index (χ4v) is 2.77.